The number of hydrogen-bond acceptors (Lipinski definition) is 7. The van der Waals surface area contributed by atoms with E-state index in [2.05, 4.69) is 28.4 Å². The average molecular weight is 613 g/mol. The minimum atomic E-state index is -2.10. The first-order chi connectivity index (χ1) is 18.9. The third kappa shape index (κ3) is 48.0. The van der Waals surface area contributed by atoms with Gasteiger partial charge in [0, 0.05) is 20.2 Å². The van der Waals surface area contributed by atoms with Crippen LogP contribution in [-0.2, 0) is 4.52 Å². The summed E-state index contributed by atoms with van der Waals surface area (Å²) in [6, 6.07) is 0. The SMILES string of the molecule is CCCCCCCCCCCCN=C(N)SC.CCCCCCCCCCCCN=C(N)SC.COP(O)O. The van der Waals surface area contributed by atoms with Gasteiger partial charge in [-0.15, -0.1) is 0 Å². The topological polar surface area (TPSA) is 126 Å². The molecule has 0 rings (SSSR count). The molecule has 0 unspecified atom stereocenters. The van der Waals surface area contributed by atoms with Gasteiger partial charge in [0.25, 0.3) is 0 Å². The second kappa shape index (κ2) is 40.1. The van der Waals surface area contributed by atoms with E-state index < -0.39 is 8.60 Å². The highest BCUT2D eigenvalue weighted by Gasteiger charge is 1.94. The number of nitrogens with zero attached hydrogens (tertiary/aromatic N) is 2. The molecule has 0 aliphatic rings. The highest BCUT2D eigenvalue weighted by Crippen LogP contribution is 2.21. The monoisotopic (exact) mass is 612 g/mol. The molecule has 0 amide bonds. The molecule has 0 atom stereocenters. The summed E-state index contributed by atoms with van der Waals surface area (Å²) in [5, 5.41) is 1.45. The van der Waals surface area contributed by atoms with Gasteiger partial charge in [-0.1, -0.05) is 153 Å². The van der Waals surface area contributed by atoms with Crippen LogP contribution in [0.25, 0.3) is 0 Å². The molecule has 0 aromatic heterocycles. The number of rotatable bonds is 23. The van der Waals surface area contributed by atoms with Crippen LogP contribution in [-0.4, -0.2) is 52.8 Å². The molecule has 0 saturated heterocycles. The summed E-state index contributed by atoms with van der Waals surface area (Å²) in [4.78, 5) is 24.1. The Hall–Kier alpha value is -0.0500. The van der Waals surface area contributed by atoms with Gasteiger partial charge in [-0.25, -0.2) is 0 Å². The van der Waals surface area contributed by atoms with Crippen molar-refractivity contribution in [1.82, 2.24) is 0 Å². The molecule has 0 heterocycles. The van der Waals surface area contributed by atoms with Crippen molar-refractivity contribution in [2.45, 2.75) is 142 Å². The minimum absolute atomic E-state index is 0.723. The summed E-state index contributed by atoms with van der Waals surface area (Å²) >= 11 is 3.07. The van der Waals surface area contributed by atoms with Gasteiger partial charge in [-0.2, -0.15) is 0 Å². The van der Waals surface area contributed by atoms with Gasteiger partial charge < -0.3 is 25.8 Å². The number of thioether (sulfide) groups is 2. The Kier molecular flexibility index (Phi) is 44.6. The second-order valence-corrected chi connectivity index (χ2v) is 12.2. The average Bonchev–Trinajstić information content (AvgIpc) is 2.94. The van der Waals surface area contributed by atoms with E-state index in [9.17, 15) is 0 Å². The Morgan fingerprint density at radius 1 is 0.564 bits per heavy atom. The highest BCUT2D eigenvalue weighted by atomic mass is 32.2. The molecule has 0 aliphatic heterocycles. The zero-order valence-corrected chi connectivity index (χ0v) is 28.7. The van der Waals surface area contributed by atoms with E-state index in [0.717, 1.165) is 23.4 Å². The van der Waals surface area contributed by atoms with Crippen molar-refractivity contribution >= 4 is 42.5 Å². The van der Waals surface area contributed by atoms with E-state index in [1.807, 2.05) is 12.5 Å². The molecule has 0 aliphatic carbocycles. The van der Waals surface area contributed by atoms with Crippen LogP contribution in [0.4, 0.5) is 0 Å². The van der Waals surface area contributed by atoms with E-state index >= 15 is 0 Å². The van der Waals surface area contributed by atoms with Crippen LogP contribution in [0.2, 0.25) is 0 Å². The second-order valence-electron chi connectivity index (χ2n) is 9.65. The lowest BCUT2D eigenvalue weighted by Crippen LogP contribution is -2.06. The van der Waals surface area contributed by atoms with Crippen molar-refractivity contribution in [2.24, 2.45) is 21.5 Å². The summed E-state index contributed by atoms with van der Waals surface area (Å²) < 4.78 is 3.93. The smallest absolute Gasteiger partial charge is 0.326 e. The van der Waals surface area contributed by atoms with E-state index in [0.29, 0.717) is 0 Å². The zero-order valence-electron chi connectivity index (χ0n) is 26.2. The number of hydrogen-bond donors (Lipinski definition) is 4. The molecule has 236 valence electrons. The normalized spacial score (nSPS) is 11.7. The summed E-state index contributed by atoms with van der Waals surface area (Å²) in [5.41, 5.74) is 11.2. The zero-order chi connectivity index (χ0) is 29.8. The molecule has 10 heteroatoms. The Morgan fingerprint density at radius 2 is 0.795 bits per heavy atom. The molecular formula is C29H65N4O3PS2. The molecule has 0 aromatic rings. The third-order valence-electron chi connectivity index (χ3n) is 6.14. The summed E-state index contributed by atoms with van der Waals surface area (Å²) in [5.74, 6) is 0. The summed E-state index contributed by atoms with van der Waals surface area (Å²) in [7, 11) is -0.870. The summed E-state index contributed by atoms with van der Waals surface area (Å²) in [6.45, 7) is 6.35. The first-order valence-corrected chi connectivity index (χ1v) is 18.9. The van der Waals surface area contributed by atoms with Gasteiger partial charge >= 0.3 is 8.60 Å². The highest BCUT2D eigenvalue weighted by molar-refractivity contribution is 8.13. The van der Waals surface area contributed by atoms with Crippen molar-refractivity contribution < 1.29 is 14.3 Å². The number of unbranched alkanes of at least 4 members (excludes halogenated alkanes) is 18. The molecule has 7 nitrogen and oxygen atoms in total. The standard InChI is InChI=1S/2C14H30N2S.CH5O3P/c2*1-3-4-5-6-7-8-9-10-11-12-13-16-14(15)17-2;1-4-5(2)3/h2*3-13H2,1-2H3,(H2,15,16);2-3H,1H3. The van der Waals surface area contributed by atoms with Crippen LogP contribution in [0.15, 0.2) is 9.98 Å². The molecule has 39 heavy (non-hydrogen) atoms. The van der Waals surface area contributed by atoms with E-state index in [-0.39, 0.29) is 0 Å². The van der Waals surface area contributed by atoms with Crippen LogP contribution in [0.5, 0.6) is 0 Å². The first kappa shape index (κ1) is 43.4. The van der Waals surface area contributed by atoms with Crippen molar-refractivity contribution in [3.05, 3.63) is 0 Å². The van der Waals surface area contributed by atoms with Gasteiger partial charge in [0.15, 0.2) is 10.3 Å². The molecule has 0 fully saturated rings. The lowest BCUT2D eigenvalue weighted by atomic mass is 10.1. The quantitative estimate of drug-likeness (QED) is 0.0392. The maximum Gasteiger partial charge on any atom is 0.326 e. The van der Waals surface area contributed by atoms with Crippen LogP contribution in [0.1, 0.15) is 142 Å². The maximum absolute atomic E-state index is 7.76. The van der Waals surface area contributed by atoms with E-state index in [1.165, 1.54) is 159 Å². The predicted octanol–water partition coefficient (Wildman–Crippen LogP) is 9.01. The molecule has 0 aromatic carbocycles. The molecule has 0 saturated carbocycles. The molecule has 0 spiro atoms. The largest absolute Gasteiger partial charge is 0.379 e. The fourth-order valence-electron chi connectivity index (χ4n) is 3.71. The van der Waals surface area contributed by atoms with E-state index in [1.54, 1.807) is 0 Å². The lowest BCUT2D eigenvalue weighted by molar-refractivity contribution is 0.310. The number of nitrogens with two attached hydrogens (primary N) is 2. The van der Waals surface area contributed by atoms with Crippen LogP contribution < -0.4 is 11.5 Å². The third-order valence-corrected chi connectivity index (χ3v) is 7.56. The Morgan fingerprint density at radius 3 is 1.00 bits per heavy atom. The Bertz CT molecular complexity index is 477. The predicted molar refractivity (Wildman–Crippen MR) is 182 cm³/mol. The van der Waals surface area contributed by atoms with Gasteiger partial charge in [0.1, 0.15) is 0 Å². The molecule has 0 bridgehead atoms. The molecule has 0 radical (unpaired) electrons. The molecule has 6 N–H and O–H groups in total. The van der Waals surface area contributed by atoms with Crippen LogP contribution in [0, 0.1) is 0 Å². The number of aliphatic imine (C=N–C) groups is 2. The van der Waals surface area contributed by atoms with Crippen molar-refractivity contribution in [3.8, 4) is 0 Å². The first-order valence-electron chi connectivity index (χ1n) is 15.3. The van der Waals surface area contributed by atoms with Crippen molar-refractivity contribution in [3.63, 3.8) is 0 Å². The van der Waals surface area contributed by atoms with Crippen molar-refractivity contribution in [1.29, 1.82) is 0 Å². The van der Waals surface area contributed by atoms with Crippen LogP contribution >= 0.6 is 32.1 Å². The fourth-order valence-corrected chi connectivity index (χ4v) is 4.15. The summed E-state index contributed by atoms with van der Waals surface area (Å²) in [6.07, 6.45) is 31.4. The van der Waals surface area contributed by atoms with Gasteiger partial charge in [-0.05, 0) is 25.4 Å². The minimum Gasteiger partial charge on any atom is -0.379 e. The van der Waals surface area contributed by atoms with E-state index in [4.69, 9.17) is 21.3 Å². The van der Waals surface area contributed by atoms with Crippen LogP contribution in [0.3, 0.4) is 0 Å². The Labute approximate surface area is 252 Å². The number of amidine groups is 2. The van der Waals surface area contributed by atoms with Gasteiger partial charge in [0.05, 0.1) is 0 Å². The molecular weight excluding hydrogens is 547 g/mol. The van der Waals surface area contributed by atoms with Gasteiger partial charge in [-0.3, -0.25) is 9.98 Å². The van der Waals surface area contributed by atoms with Crippen molar-refractivity contribution in [2.75, 3.05) is 32.7 Å². The fraction of sp³-hybridized carbons (Fsp3) is 0.931. The lowest BCUT2D eigenvalue weighted by Gasteiger charge is -2.01. The maximum atomic E-state index is 7.76. The van der Waals surface area contributed by atoms with Gasteiger partial charge in [0.2, 0.25) is 0 Å². The Balaban J connectivity index is -0.000000566.